The van der Waals surface area contributed by atoms with Gasteiger partial charge in [0.15, 0.2) is 0 Å². The fourth-order valence-corrected chi connectivity index (χ4v) is 4.85. The molecule has 0 unspecified atom stereocenters. The number of benzene rings is 1. The van der Waals surface area contributed by atoms with Crippen LogP contribution < -0.4 is 15.4 Å². The van der Waals surface area contributed by atoms with E-state index in [1.807, 2.05) is 0 Å². The number of rotatable bonds is 4. The Hall–Kier alpha value is -2.01. The highest BCUT2D eigenvalue weighted by Gasteiger charge is 2.41. The van der Waals surface area contributed by atoms with E-state index in [-0.39, 0.29) is 17.7 Å². The lowest BCUT2D eigenvalue weighted by Crippen LogP contribution is -2.49. The molecule has 29 heavy (non-hydrogen) atoms. The fraction of sp³-hybridized carbons (Fsp3) is 0.565. The van der Waals surface area contributed by atoms with E-state index in [9.17, 15) is 9.59 Å². The average molecular weight is 417 g/mol. The van der Waals surface area contributed by atoms with Crippen LogP contribution in [0.1, 0.15) is 68.1 Å². The van der Waals surface area contributed by atoms with Crippen molar-refractivity contribution in [2.24, 2.45) is 5.92 Å². The molecule has 1 aromatic carbocycles. The van der Waals surface area contributed by atoms with E-state index in [0.717, 1.165) is 38.6 Å². The summed E-state index contributed by atoms with van der Waals surface area (Å²) in [4.78, 5) is 25.0. The lowest BCUT2D eigenvalue weighted by molar-refractivity contribution is -0.127. The molecule has 2 aliphatic carbocycles. The number of hydrogen-bond donors (Lipinski definition) is 2. The van der Waals surface area contributed by atoms with E-state index in [0.29, 0.717) is 22.9 Å². The smallest absolute Gasteiger partial charge is 0.255 e. The predicted octanol–water partition coefficient (Wildman–Crippen LogP) is 4.40. The number of ether oxygens (including phenoxy) is 1. The van der Waals surface area contributed by atoms with Crippen molar-refractivity contribution in [2.45, 2.75) is 63.4 Å². The molecule has 0 bridgehead atoms. The van der Waals surface area contributed by atoms with Crippen LogP contribution in [0.15, 0.2) is 29.8 Å². The van der Waals surface area contributed by atoms with Gasteiger partial charge in [0, 0.05) is 17.5 Å². The standard InChI is InChI=1S/C23H29ClN2O3/c24-18-6-7-20-19(14-18)22(28)26-15-23(29-20)11-8-17(9-12-23)21(27)25-13-10-16-4-2-1-3-5-16/h4,6-7,14,17H,1-3,5,8-13,15H2,(H,25,27)(H,26,28). The Kier molecular flexibility index (Phi) is 6.14. The van der Waals surface area contributed by atoms with Gasteiger partial charge in [-0.05, 0) is 76.0 Å². The van der Waals surface area contributed by atoms with Gasteiger partial charge in [0.05, 0.1) is 12.1 Å². The van der Waals surface area contributed by atoms with E-state index >= 15 is 0 Å². The zero-order valence-corrected chi connectivity index (χ0v) is 17.5. The summed E-state index contributed by atoms with van der Waals surface area (Å²) in [5, 5.41) is 6.62. The minimum atomic E-state index is -0.446. The molecule has 2 N–H and O–H groups in total. The molecule has 1 saturated carbocycles. The maximum absolute atomic E-state index is 12.6. The Morgan fingerprint density at radius 2 is 2.10 bits per heavy atom. The second-order valence-electron chi connectivity index (χ2n) is 8.53. The zero-order valence-electron chi connectivity index (χ0n) is 16.8. The van der Waals surface area contributed by atoms with Gasteiger partial charge in [-0.3, -0.25) is 9.59 Å². The molecule has 0 aromatic heterocycles. The molecule has 0 saturated heterocycles. The van der Waals surface area contributed by atoms with Crippen molar-refractivity contribution in [3.8, 4) is 5.75 Å². The van der Waals surface area contributed by atoms with E-state index in [2.05, 4.69) is 16.7 Å². The van der Waals surface area contributed by atoms with Crippen LogP contribution in [0.3, 0.4) is 0 Å². The van der Waals surface area contributed by atoms with Gasteiger partial charge in [0.25, 0.3) is 5.91 Å². The van der Waals surface area contributed by atoms with Crippen molar-refractivity contribution < 1.29 is 14.3 Å². The number of halogens is 1. The second kappa shape index (κ2) is 8.78. The molecule has 3 aliphatic rings. The lowest BCUT2D eigenvalue weighted by Gasteiger charge is -2.39. The number of fused-ring (bicyclic) bond motifs is 1. The first-order valence-corrected chi connectivity index (χ1v) is 11.1. The average Bonchev–Trinajstić information content (AvgIpc) is 2.87. The number of nitrogens with one attached hydrogen (secondary N) is 2. The minimum absolute atomic E-state index is 0.0215. The van der Waals surface area contributed by atoms with Gasteiger partial charge in [-0.1, -0.05) is 23.3 Å². The van der Waals surface area contributed by atoms with Gasteiger partial charge in [0.2, 0.25) is 5.91 Å². The summed E-state index contributed by atoms with van der Waals surface area (Å²) in [7, 11) is 0. The van der Waals surface area contributed by atoms with Crippen LogP contribution >= 0.6 is 11.6 Å². The van der Waals surface area contributed by atoms with E-state index in [4.69, 9.17) is 16.3 Å². The summed E-state index contributed by atoms with van der Waals surface area (Å²) < 4.78 is 6.32. The molecule has 1 aliphatic heterocycles. The number of carbonyl (C=O) groups excluding carboxylic acids is 2. The Balaban J connectivity index is 1.31. The molecule has 1 spiro atoms. The number of allylic oxidation sites excluding steroid dienone is 1. The number of amides is 2. The van der Waals surface area contributed by atoms with Crippen molar-refractivity contribution in [1.82, 2.24) is 10.6 Å². The summed E-state index contributed by atoms with van der Waals surface area (Å²) in [5.74, 6) is 0.596. The molecule has 2 amide bonds. The molecular weight excluding hydrogens is 388 g/mol. The van der Waals surface area contributed by atoms with Gasteiger partial charge in [0.1, 0.15) is 11.4 Å². The summed E-state index contributed by atoms with van der Waals surface area (Å²) in [6.45, 7) is 1.19. The molecule has 156 valence electrons. The van der Waals surface area contributed by atoms with Crippen molar-refractivity contribution in [2.75, 3.05) is 13.1 Å². The first-order chi connectivity index (χ1) is 14.0. The summed E-state index contributed by atoms with van der Waals surface area (Å²) in [5.41, 5.74) is 1.52. The van der Waals surface area contributed by atoms with Crippen LogP contribution in [-0.2, 0) is 4.79 Å². The molecular formula is C23H29ClN2O3. The third-order valence-corrected chi connectivity index (χ3v) is 6.72. The van der Waals surface area contributed by atoms with E-state index < -0.39 is 5.60 Å². The van der Waals surface area contributed by atoms with Crippen LogP contribution in [0.25, 0.3) is 0 Å². The lowest BCUT2D eigenvalue weighted by atomic mass is 9.78. The van der Waals surface area contributed by atoms with Crippen LogP contribution in [-0.4, -0.2) is 30.5 Å². The largest absolute Gasteiger partial charge is 0.485 e. The molecule has 1 fully saturated rings. The Morgan fingerprint density at radius 1 is 1.28 bits per heavy atom. The van der Waals surface area contributed by atoms with Gasteiger partial charge < -0.3 is 15.4 Å². The number of carbonyl (C=O) groups is 2. The highest BCUT2D eigenvalue weighted by atomic mass is 35.5. The number of hydrogen-bond acceptors (Lipinski definition) is 3. The maximum Gasteiger partial charge on any atom is 0.255 e. The fourth-order valence-electron chi connectivity index (χ4n) is 4.68. The SMILES string of the molecule is O=C1NCC2(CCC(C(=O)NCCC3=CCCCC3)CC2)Oc2ccc(Cl)cc21. The normalized spacial score (nSPS) is 26.6. The van der Waals surface area contributed by atoms with Gasteiger partial charge in [-0.15, -0.1) is 0 Å². The van der Waals surface area contributed by atoms with Crippen molar-refractivity contribution in [3.63, 3.8) is 0 Å². The summed E-state index contributed by atoms with van der Waals surface area (Å²) >= 11 is 6.03. The topological polar surface area (TPSA) is 67.4 Å². The van der Waals surface area contributed by atoms with Gasteiger partial charge in [-0.25, -0.2) is 0 Å². The molecule has 1 heterocycles. The Bertz CT molecular complexity index is 812. The molecule has 6 heteroatoms. The van der Waals surface area contributed by atoms with Crippen molar-refractivity contribution in [1.29, 1.82) is 0 Å². The molecule has 0 atom stereocenters. The van der Waals surface area contributed by atoms with Crippen LogP contribution in [0.5, 0.6) is 5.75 Å². The first-order valence-electron chi connectivity index (χ1n) is 10.8. The zero-order chi connectivity index (χ0) is 20.3. The molecule has 1 aromatic rings. The first kappa shape index (κ1) is 20.3. The van der Waals surface area contributed by atoms with E-state index in [1.54, 1.807) is 18.2 Å². The molecule has 4 rings (SSSR count). The monoisotopic (exact) mass is 416 g/mol. The van der Waals surface area contributed by atoms with Crippen LogP contribution in [0.4, 0.5) is 0 Å². The quantitative estimate of drug-likeness (QED) is 0.715. The summed E-state index contributed by atoms with van der Waals surface area (Å²) in [6, 6.07) is 5.16. The Morgan fingerprint density at radius 3 is 2.86 bits per heavy atom. The highest BCUT2D eigenvalue weighted by molar-refractivity contribution is 6.31. The third kappa shape index (κ3) is 4.77. The molecule has 5 nitrogen and oxygen atoms in total. The van der Waals surface area contributed by atoms with Crippen LogP contribution in [0.2, 0.25) is 5.02 Å². The van der Waals surface area contributed by atoms with Gasteiger partial charge in [-0.2, -0.15) is 0 Å². The summed E-state index contributed by atoms with van der Waals surface area (Å²) in [6.07, 6.45) is 11.3. The van der Waals surface area contributed by atoms with Gasteiger partial charge >= 0.3 is 0 Å². The third-order valence-electron chi connectivity index (χ3n) is 6.48. The minimum Gasteiger partial charge on any atom is -0.485 e. The van der Waals surface area contributed by atoms with Crippen molar-refractivity contribution >= 4 is 23.4 Å². The highest BCUT2D eigenvalue weighted by Crippen LogP contribution is 2.38. The van der Waals surface area contributed by atoms with Crippen molar-refractivity contribution in [3.05, 3.63) is 40.4 Å². The second-order valence-corrected chi connectivity index (χ2v) is 8.97. The maximum atomic E-state index is 12.6. The van der Waals surface area contributed by atoms with Crippen LogP contribution in [0, 0.1) is 5.92 Å². The Labute approximate surface area is 177 Å². The predicted molar refractivity (Wildman–Crippen MR) is 113 cm³/mol. The molecule has 0 radical (unpaired) electrons. The van der Waals surface area contributed by atoms with E-state index in [1.165, 1.54) is 31.3 Å².